The predicted molar refractivity (Wildman–Crippen MR) is 114 cm³/mol. The van der Waals surface area contributed by atoms with Crippen molar-refractivity contribution in [3.8, 4) is 5.75 Å². The molecule has 0 aliphatic rings. The minimum absolute atomic E-state index is 0.255. The largest absolute Gasteiger partial charge is 0.494 e. The second kappa shape index (κ2) is 13.5. The first kappa shape index (κ1) is 21.6. The first-order valence-electron chi connectivity index (χ1n) is 10.3. The molecule has 0 unspecified atom stereocenters. The number of carbonyl (C=O) groups is 1. The summed E-state index contributed by atoms with van der Waals surface area (Å²) < 4.78 is 5.76. The van der Waals surface area contributed by atoms with E-state index in [1.165, 1.54) is 44.9 Å². The van der Waals surface area contributed by atoms with E-state index in [0.29, 0.717) is 5.56 Å². The Morgan fingerprint density at radius 3 is 2.43 bits per heavy atom. The van der Waals surface area contributed by atoms with Crippen LogP contribution in [0.15, 0.2) is 53.9 Å². The highest BCUT2D eigenvalue weighted by atomic mass is 16.5. The molecule has 0 bridgehead atoms. The van der Waals surface area contributed by atoms with Crippen molar-refractivity contribution >= 4 is 12.1 Å². The van der Waals surface area contributed by atoms with Crippen LogP contribution in [0, 0.1) is 0 Å². The number of rotatable bonds is 13. The van der Waals surface area contributed by atoms with E-state index in [2.05, 4.69) is 22.4 Å². The molecule has 0 saturated heterocycles. The number of hydrogen-bond donors (Lipinski definition) is 1. The molecule has 0 aliphatic carbocycles. The number of aromatic nitrogens is 1. The van der Waals surface area contributed by atoms with Gasteiger partial charge in [0.1, 0.15) is 5.75 Å². The third-order valence-corrected chi connectivity index (χ3v) is 4.45. The first-order valence-corrected chi connectivity index (χ1v) is 10.3. The number of amides is 1. The molecular formula is C23H31N3O2. The van der Waals surface area contributed by atoms with Gasteiger partial charge in [0.25, 0.3) is 5.91 Å². The fraction of sp³-hybridized carbons (Fsp3) is 0.435. The number of nitrogens with one attached hydrogen (secondary N) is 1. The Kier molecular flexibility index (Phi) is 10.4. The average Bonchev–Trinajstić information content (AvgIpc) is 2.74. The third kappa shape index (κ3) is 8.80. The van der Waals surface area contributed by atoms with Crippen LogP contribution < -0.4 is 10.2 Å². The van der Waals surface area contributed by atoms with Crippen molar-refractivity contribution in [3.63, 3.8) is 0 Å². The fourth-order valence-corrected chi connectivity index (χ4v) is 2.81. The Morgan fingerprint density at radius 1 is 1.04 bits per heavy atom. The molecule has 28 heavy (non-hydrogen) atoms. The Balaban J connectivity index is 1.61. The topological polar surface area (TPSA) is 63.6 Å². The molecule has 5 nitrogen and oxygen atoms in total. The van der Waals surface area contributed by atoms with Crippen LogP contribution in [0.3, 0.4) is 0 Å². The zero-order valence-corrected chi connectivity index (χ0v) is 16.8. The van der Waals surface area contributed by atoms with Gasteiger partial charge in [0.2, 0.25) is 0 Å². The number of hydrazone groups is 1. The molecule has 0 atom stereocenters. The maximum Gasteiger partial charge on any atom is 0.271 e. The maximum atomic E-state index is 12.1. The molecule has 1 N–H and O–H groups in total. The van der Waals surface area contributed by atoms with Gasteiger partial charge in [-0.25, -0.2) is 5.43 Å². The molecule has 1 heterocycles. The average molecular weight is 382 g/mol. The Labute approximate surface area is 168 Å². The maximum absolute atomic E-state index is 12.1. The number of unbranched alkanes of at least 4 members (excludes halogenated alkanes) is 7. The van der Waals surface area contributed by atoms with Crippen LogP contribution in [0.25, 0.3) is 0 Å². The summed E-state index contributed by atoms with van der Waals surface area (Å²) in [6.45, 7) is 2.96. The van der Waals surface area contributed by atoms with Crippen molar-refractivity contribution in [3.05, 3.63) is 59.9 Å². The molecule has 150 valence electrons. The Bertz CT molecular complexity index is 700. The summed E-state index contributed by atoms with van der Waals surface area (Å²) in [4.78, 5) is 16.1. The highest BCUT2D eigenvalue weighted by Gasteiger charge is 2.04. The summed E-state index contributed by atoms with van der Waals surface area (Å²) in [6, 6.07) is 10.8. The quantitative estimate of drug-likeness (QED) is 0.288. The number of hydrogen-bond acceptors (Lipinski definition) is 4. The summed E-state index contributed by atoms with van der Waals surface area (Å²) in [6.07, 6.45) is 15.2. The van der Waals surface area contributed by atoms with Gasteiger partial charge < -0.3 is 4.74 Å². The molecule has 1 amide bonds. The lowest BCUT2D eigenvalue weighted by molar-refractivity contribution is 0.0955. The van der Waals surface area contributed by atoms with E-state index in [4.69, 9.17) is 4.74 Å². The normalized spacial score (nSPS) is 10.9. The zero-order valence-electron chi connectivity index (χ0n) is 16.8. The Morgan fingerprint density at radius 2 is 1.75 bits per heavy atom. The van der Waals surface area contributed by atoms with Gasteiger partial charge in [0.05, 0.1) is 12.8 Å². The number of ether oxygens (including phenoxy) is 1. The van der Waals surface area contributed by atoms with E-state index in [9.17, 15) is 4.79 Å². The van der Waals surface area contributed by atoms with Crippen molar-refractivity contribution in [2.24, 2.45) is 5.10 Å². The summed E-state index contributed by atoms with van der Waals surface area (Å²) in [5, 5.41) is 3.95. The van der Waals surface area contributed by atoms with E-state index in [1.54, 1.807) is 30.7 Å². The lowest BCUT2D eigenvalue weighted by atomic mass is 10.1. The molecule has 1 aromatic carbocycles. The third-order valence-electron chi connectivity index (χ3n) is 4.45. The molecule has 1 aromatic heterocycles. The summed E-state index contributed by atoms with van der Waals surface area (Å²) in [5.41, 5.74) is 3.88. The number of carbonyl (C=O) groups excluding carboxylic acids is 1. The second-order valence-corrected chi connectivity index (χ2v) is 6.83. The summed E-state index contributed by atoms with van der Waals surface area (Å²) >= 11 is 0. The number of benzene rings is 1. The molecule has 0 radical (unpaired) electrons. The van der Waals surface area contributed by atoms with Crippen LogP contribution in [-0.2, 0) is 0 Å². The van der Waals surface area contributed by atoms with E-state index < -0.39 is 0 Å². The molecule has 0 spiro atoms. The number of pyridine rings is 1. The van der Waals surface area contributed by atoms with Crippen LogP contribution >= 0.6 is 0 Å². The summed E-state index contributed by atoms with van der Waals surface area (Å²) in [7, 11) is 0. The van der Waals surface area contributed by atoms with Gasteiger partial charge in [-0.2, -0.15) is 5.10 Å². The van der Waals surface area contributed by atoms with Crippen molar-refractivity contribution in [1.29, 1.82) is 0 Å². The molecule has 0 aliphatic heterocycles. The Hall–Kier alpha value is -2.69. The van der Waals surface area contributed by atoms with Gasteiger partial charge in [-0.15, -0.1) is 0 Å². The van der Waals surface area contributed by atoms with E-state index in [1.807, 2.05) is 24.3 Å². The van der Waals surface area contributed by atoms with Crippen molar-refractivity contribution in [2.45, 2.75) is 58.3 Å². The smallest absolute Gasteiger partial charge is 0.271 e. The monoisotopic (exact) mass is 381 g/mol. The second-order valence-electron chi connectivity index (χ2n) is 6.83. The van der Waals surface area contributed by atoms with E-state index >= 15 is 0 Å². The predicted octanol–water partition coefficient (Wildman–Crippen LogP) is 5.37. The molecular weight excluding hydrogens is 350 g/mol. The number of nitrogens with zero attached hydrogens (tertiary/aromatic N) is 2. The van der Waals surface area contributed by atoms with Gasteiger partial charge in [-0.3, -0.25) is 9.78 Å². The van der Waals surface area contributed by atoms with Crippen LogP contribution in [0.4, 0.5) is 0 Å². The van der Waals surface area contributed by atoms with Crippen LogP contribution in [-0.4, -0.2) is 23.7 Å². The SMILES string of the molecule is CCCCCCCCCCOc1ccc(C(=O)NN=Cc2cccnc2)cc1. The molecule has 0 saturated carbocycles. The van der Waals surface area contributed by atoms with E-state index in [-0.39, 0.29) is 5.91 Å². The van der Waals surface area contributed by atoms with Gasteiger partial charge >= 0.3 is 0 Å². The van der Waals surface area contributed by atoms with Gasteiger partial charge in [-0.05, 0) is 36.8 Å². The standard InChI is InChI=1S/C23H31N3O2/c1-2-3-4-5-6-7-8-9-17-28-22-14-12-21(13-15-22)23(27)26-25-19-20-11-10-16-24-18-20/h10-16,18-19H,2-9,17H2,1H3,(H,26,27). The highest BCUT2D eigenvalue weighted by Crippen LogP contribution is 2.14. The fourth-order valence-electron chi connectivity index (χ4n) is 2.81. The lowest BCUT2D eigenvalue weighted by Crippen LogP contribution is -2.17. The van der Waals surface area contributed by atoms with Gasteiger partial charge in [-0.1, -0.05) is 57.9 Å². The van der Waals surface area contributed by atoms with Gasteiger partial charge in [0.15, 0.2) is 0 Å². The molecule has 2 rings (SSSR count). The van der Waals surface area contributed by atoms with Crippen molar-refractivity contribution < 1.29 is 9.53 Å². The highest BCUT2D eigenvalue weighted by molar-refractivity contribution is 5.94. The van der Waals surface area contributed by atoms with Crippen molar-refractivity contribution in [2.75, 3.05) is 6.61 Å². The molecule has 5 heteroatoms. The van der Waals surface area contributed by atoms with Crippen molar-refractivity contribution in [1.82, 2.24) is 10.4 Å². The van der Waals surface area contributed by atoms with Crippen LogP contribution in [0.1, 0.15) is 74.2 Å². The first-order chi connectivity index (χ1) is 13.8. The minimum atomic E-state index is -0.255. The van der Waals surface area contributed by atoms with Crippen LogP contribution in [0.2, 0.25) is 0 Å². The van der Waals surface area contributed by atoms with Crippen LogP contribution in [0.5, 0.6) is 5.75 Å². The molecule has 0 fully saturated rings. The van der Waals surface area contributed by atoms with Gasteiger partial charge in [0, 0.05) is 23.5 Å². The lowest BCUT2D eigenvalue weighted by Gasteiger charge is -2.07. The minimum Gasteiger partial charge on any atom is -0.494 e. The molecule has 2 aromatic rings. The summed E-state index contributed by atoms with van der Waals surface area (Å²) in [5.74, 6) is 0.535. The zero-order chi connectivity index (χ0) is 19.9. The van der Waals surface area contributed by atoms with E-state index in [0.717, 1.165) is 24.3 Å².